The van der Waals surface area contributed by atoms with E-state index in [0.717, 1.165) is 5.75 Å². The fourth-order valence-electron chi connectivity index (χ4n) is 1.92. The van der Waals surface area contributed by atoms with Crippen LogP contribution in [0.1, 0.15) is 12.5 Å². The molecule has 122 valence electrons. The number of benzene rings is 2. The van der Waals surface area contributed by atoms with Crippen LogP contribution in [0.2, 0.25) is 5.02 Å². The van der Waals surface area contributed by atoms with Crippen molar-refractivity contribution in [3.05, 3.63) is 59.1 Å². The largest absolute Gasteiger partial charge is 0.492 e. The molecule has 2 aromatic rings. The second kappa shape index (κ2) is 8.44. The number of halogens is 1. The first kappa shape index (κ1) is 17.2. The maximum absolute atomic E-state index is 12.0. The normalized spacial score (nSPS) is 11.6. The van der Waals surface area contributed by atoms with Gasteiger partial charge >= 0.3 is 0 Å². The van der Waals surface area contributed by atoms with Crippen LogP contribution >= 0.6 is 11.6 Å². The second-order valence-electron chi connectivity index (χ2n) is 5.17. The molecule has 1 atom stereocenters. The number of aryl methyl sites for hydroxylation is 1. The Morgan fingerprint density at radius 1 is 1.17 bits per heavy atom. The van der Waals surface area contributed by atoms with Crippen LogP contribution < -0.4 is 14.8 Å². The van der Waals surface area contributed by atoms with Crippen molar-refractivity contribution < 1.29 is 14.3 Å². The fourth-order valence-corrected chi connectivity index (χ4v) is 2.10. The third kappa shape index (κ3) is 5.83. The maximum atomic E-state index is 12.0. The molecule has 23 heavy (non-hydrogen) atoms. The summed E-state index contributed by atoms with van der Waals surface area (Å²) >= 11 is 5.88. The molecule has 4 nitrogen and oxygen atoms in total. The van der Waals surface area contributed by atoms with E-state index in [9.17, 15) is 4.79 Å². The molecule has 0 saturated carbocycles. The van der Waals surface area contributed by atoms with E-state index in [-0.39, 0.29) is 5.91 Å². The number of hydrogen-bond donors (Lipinski definition) is 1. The topological polar surface area (TPSA) is 47.6 Å². The van der Waals surface area contributed by atoms with E-state index < -0.39 is 6.10 Å². The lowest BCUT2D eigenvalue weighted by Gasteiger charge is -2.15. The molecule has 0 unspecified atom stereocenters. The van der Waals surface area contributed by atoms with Crippen LogP contribution in [-0.4, -0.2) is 25.2 Å². The molecule has 0 saturated heterocycles. The zero-order valence-corrected chi connectivity index (χ0v) is 14.0. The third-order valence-electron chi connectivity index (χ3n) is 3.17. The van der Waals surface area contributed by atoms with Crippen molar-refractivity contribution in [2.75, 3.05) is 13.2 Å². The van der Waals surface area contributed by atoms with Gasteiger partial charge in [-0.3, -0.25) is 4.79 Å². The van der Waals surface area contributed by atoms with Gasteiger partial charge in [-0.2, -0.15) is 0 Å². The summed E-state index contributed by atoms with van der Waals surface area (Å²) in [7, 11) is 0. The highest BCUT2D eigenvalue weighted by atomic mass is 35.5. The molecule has 5 heteroatoms. The molecule has 0 aliphatic carbocycles. The fraction of sp³-hybridized carbons (Fsp3) is 0.278. The van der Waals surface area contributed by atoms with Crippen LogP contribution in [0.5, 0.6) is 11.5 Å². The van der Waals surface area contributed by atoms with Gasteiger partial charge in [-0.1, -0.05) is 35.4 Å². The summed E-state index contributed by atoms with van der Waals surface area (Å²) < 4.78 is 11.1. The molecular weight excluding hydrogens is 314 g/mol. The maximum Gasteiger partial charge on any atom is 0.260 e. The molecule has 0 bridgehead atoms. The summed E-state index contributed by atoms with van der Waals surface area (Å²) in [6.45, 7) is 4.52. The van der Waals surface area contributed by atoms with E-state index in [1.807, 2.05) is 31.2 Å². The molecule has 1 N–H and O–H groups in total. The van der Waals surface area contributed by atoms with Gasteiger partial charge in [0.15, 0.2) is 6.10 Å². The molecule has 0 aliphatic rings. The first-order valence-electron chi connectivity index (χ1n) is 7.44. The van der Waals surface area contributed by atoms with Crippen LogP contribution in [0.4, 0.5) is 0 Å². The van der Waals surface area contributed by atoms with Crippen LogP contribution in [-0.2, 0) is 4.79 Å². The summed E-state index contributed by atoms with van der Waals surface area (Å²) in [4.78, 5) is 12.0. The highest BCUT2D eigenvalue weighted by Crippen LogP contribution is 2.18. The molecule has 0 heterocycles. The van der Waals surface area contributed by atoms with E-state index in [1.54, 1.807) is 31.2 Å². The monoisotopic (exact) mass is 333 g/mol. The highest BCUT2D eigenvalue weighted by Gasteiger charge is 2.14. The van der Waals surface area contributed by atoms with Gasteiger partial charge in [0, 0.05) is 5.02 Å². The van der Waals surface area contributed by atoms with Crippen molar-refractivity contribution in [1.29, 1.82) is 0 Å². The molecular formula is C18H20ClNO3. The number of carbonyl (C=O) groups is 1. The SMILES string of the molecule is Cc1ccc(OCCNC(=O)[C@H](C)Oc2cccc(Cl)c2)cc1. The van der Waals surface area contributed by atoms with Crippen molar-refractivity contribution in [3.63, 3.8) is 0 Å². The summed E-state index contributed by atoms with van der Waals surface area (Å²) in [5.74, 6) is 1.15. The van der Waals surface area contributed by atoms with Gasteiger partial charge in [0.25, 0.3) is 5.91 Å². The minimum Gasteiger partial charge on any atom is -0.492 e. The molecule has 1 amide bonds. The Kier molecular flexibility index (Phi) is 6.29. The smallest absolute Gasteiger partial charge is 0.260 e. The Morgan fingerprint density at radius 2 is 1.91 bits per heavy atom. The lowest BCUT2D eigenvalue weighted by Crippen LogP contribution is -2.38. The van der Waals surface area contributed by atoms with E-state index >= 15 is 0 Å². The molecule has 0 aromatic heterocycles. The van der Waals surface area contributed by atoms with E-state index in [0.29, 0.717) is 23.9 Å². The summed E-state index contributed by atoms with van der Waals surface area (Å²) in [5, 5.41) is 3.35. The van der Waals surface area contributed by atoms with E-state index in [2.05, 4.69) is 5.32 Å². The van der Waals surface area contributed by atoms with E-state index in [1.165, 1.54) is 5.56 Å². The number of amides is 1. The van der Waals surface area contributed by atoms with E-state index in [4.69, 9.17) is 21.1 Å². The molecule has 0 radical (unpaired) electrons. The number of ether oxygens (including phenoxy) is 2. The van der Waals surface area contributed by atoms with Crippen LogP contribution in [0, 0.1) is 6.92 Å². The van der Waals surface area contributed by atoms with Crippen molar-refractivity contribution >= 4 is 17.5 Å². The van der Waals surface area contributed by atoms with Crippen molar-refractivity contribution in [2.45, 2.75) is 20.0 Å². The zero-order chi connectivity index (χ0) is 16.7. The molecule has 2 rings (SSSR count). The van der Waals surface area contributed by atoms with Crippen molar-refractivity contribution in [3.8, 4) is 11.5 Å². The molecule has 2 aromatic carbocycles. The average Bonchev–Trinajstić information content (AvgIpc) is 2.53. The Bertz CT molecular complexity index is 643. The third-order valence-corrected chi connectivity index (χ3v) is 3.40. The van der Waals surface area contributed by atoms with Gasteiger partial charge in [-0.05, 0) is 44.2 Å². The first-order chi connectivity index (χ1) is 11.0. The van der Waals surface area contributed by atoms with Gasteiger partial charge in [0.05, 0.1) is 6.54 Å². The number of rotatable bonds is 7. The standard InChI is InChI=1S/C18H20ClNO3/c1-13-6-8-16(9-7-13)22-11-10-20-18(21)14(2)23-17-5-3-4-15(19)12-17/h3-9,12,14H,10-11H2,1-2H3,(H,20,21)/t14-/m0/s1. The number of nitrogens with one attached hydrogen (secondary N) is 1. The van der Waals surface area contributed by atoms with Gasteiger partial charge in [0.2, 0.25) is 0 Å². The lowest BCUT2D eigenvalue weighted by molar-refractivity contribution is -0.127. The zero-order valence-electron chi connectivity index (χ0n) is 13.2. The Labute approximate surface area is 141 Å². The van der Waals surface area contributed by atoms with Gasteiger partial charge in [0.1, 0.15) is 18.1 Å². The predicted octanol–water partition coefficient (Wildman–Crippen LogP) is 3.61. The van der Waals surface area contributed by atoms with Gasteiger partial charge < -0.3 is 14.8 Å². The van der Waals surface area contributed by atoms with Crippen molar-refractivity contribution in [1.82, 2.24) is 5.32 Å². The molecule has 0 spiro atoms. The molecule has 0 aliphatic heterocycles. The number of hydrogen-bond acceptors (Lipinski definition) is 3. The number of carbonyl (C=O) groups excluding carboxylic acids is 1. The first-order valence-corrected chi connectivity index (χ1v) is 7.82. The van der Waals surface area contributed by atoms with Crippen LogP contribution in [0.3, 0.4) is 0 Å². The minimum atomic E-state index is -0.604. The quantitative estimate of drug-likeness (QED) is 0.787. The summed E-state index contributed by atoms with van der Waals surface area (Å²) in [6.07, 6.45) is -0.604. The Hall–Kier alpha value is -2.20. The summed E-state index contributed by atoms with van der Waals surface area (Å²) in [5.41, 5.74) is 1.18. The lowest BCUT2D eigenvalue weighted by atomic mass is 10.2. The Morgan fingerprint density at radius 3 is 2.61 bits per heavy atom. The van der Waals surface area contributed by atoms with Crippen LogP contribution in [0.25, 0.3) is 0 Å². The molecule has 0 fully saturated rings. The van der Waals surface area contributed by atoms with Crippen LogP contribution in [0.15, 0.2) is 48.5 Å². The van der Waals surface area contributed by atoms with Gasteiger partial charge in [-0.15, -0.1) is 0 Å². The predicted molar refractivity (Wildman–Crippen MR) is 91.2 cm³/mol. The minimum absolute atomic E-state index is 0.197. The highest BCUT2D eigenvalue weighted by molar-refractivity contribution is 6.30. The second-order valence-corrected chi connectivity index (χ2v) is 5.61. The van der Waals surface area contributed by atoms with Crippen molar-refractivity contribution in [2.24, 2.45) is 0 Å². The Balaban J connectivity index is 1.70. The van der Waals surface area contributed by atoms with Gasteiger partial charge in [-0.25, -0.2) is 0 Å². The summed E-state index contributed by atoms with van der Waals surface area (Å²) in [6, 6.07) is 14.7. The average molecular weight is 334 g/mol.